The lowest BCUT2D eigenvalue weighted by Crippen LogP contribution is -2.32. The van der Waals surface area contributed by atoms with Crippen LogP contribution in [0.1, 0.15) is 43.6 Å². The summed E-state index contributed by atoms with van der Waals surface area (Å²) in [5, 5.41) is 12.9. The van der Waals surface area contributed by atoms with E-state index in [1.54, 1.807) is 19.4 Å². The fourth-order valence-corrected chi connectivity index (χ4v) is 2.75. The van der Waals surface area contributed by atoms with E-state index in [1.165, 1.54) is 6.42 Å². The second-order valence-electron chi connectivity index (χ2n) is 5.10. The van der Waals surface area contributed by atoms with Crippen LogP contribution in [0.25, 0.3) is 11.5 Å². The molecule has 6 heteroatoms. The highest BCUT2D eigenvalue weighted by Crippen LogP contribution is 2.39. The largest absolute Gasteiger partial charge is 0.370 e. The molecule has 20 heavy (non-hydrogen) atoms. The van der Waals surface area contributed by atoms with Crippen LogP contribution in [0.3, 0.4) is 0 Å². The van der Waals surface area contributed by atoms with Crippen molar-refractivity contribution in [1.29, 1.82) is 5.26 Å². The topological polar surface area (TPSA) is 87.7 Å². The molecule has 6 nitrogen and oxygen atoms in total. The highest BCUT2D eigenvalue weighted by atomic mass is 16.5. The summed E-state index contributed by atoms with van der Waals surface area (Å²) in [5.74, 6) is 1.02. The maximum Gasteiger partial charge on any atom is 0.259 e. The van der Waals surface area contributed by atoms with E-state index < -0.39 is 5.60 Å². The normalized spacial score (nSPS) is 17.8. The lowest BCUT2D eigenvalue weighted by Gasteiger charge is -2.32. The van der Waals surface area contributed by atoms with Gasteiger partial charge in [0.05, 0.1) is 5.56 Å². The second-order valence-corrected chi connectivity index (χ2v) is 5.10. The molecule has 1 saturated carbocycles. The van der Waals surface area contributed by atoms with Crippen LogP contribution < -0.4 is 0 Å². The third-order valence-corrected chi connectivity index (χ3v) is 3.94. The van der Waals surface area contributed by atoms with E-state index in [4.69, 9.17) is 14.5 Å². The number of nitrogens with zero attached hydrogens (tertiary/aromatic N) is 3. The summed E-state index contributed by atoms with van der Waals surface area (Å²) < 4.78 is 11.0. The first-order chi connectivity index (χ1) is 9.77. The molecule has 2 heterocycles. The summed E-state index contributed by atoms with van der Waals surface area (Å²) in [4.78, 5) is 7.31. The van der Waals surface area contributed by atoms with Gasteiger partial charge >= 0.3 is 0 Å². The van der Waals surface area contributed by atoms with Gasteiger partial charge in [-0.1, -0.05) is 24.4 Å². The van der Waals surface area contributed by atoms with Gasteiger partial charge in [0.15, 0.2) is 0 Å². The molecule has 1 aliphatic carbocycles. The van der Waals surface area contributed by atoms with Crippen LogP contribution in [-0.4, -0.2) is 22.2 Å². The number of nitrogens with one attached hydrogen (secondary N) is 1. The van der Waals surface area contributed by atoms with Crippen LogP contribution in [0.4, 0.5) is 0 Å². The van der Waals surface area contributed by atoms with Gasteiger partial charge in [0.2, 0.25) is 5.82 Å². The Kier molecular flexibility index (Phi) is 3.28. The van der Waals surface area contributed by atoms with E-state index in [0.29, 0.717) is 17.4 Å². The number of hydrogen-bond donors (Lipinski definition) is 1. The second kappa shape index (κ2) is 5.10. The molecule has 0 spiro atoms. The Hall–Kier alpha value is -2.13. The first-order valence-electron chi connectivity index (χ1n) is 6.76. The fourth-order valence-electron chi connectivity index (χ4n) is 2.75. The van der Waals surface area contributed by atoms with Crippen molar-refractivity contribution in [1.82, 2.24) is 15.1 Å². The molecule has 0 radical (unpaired) electrons. The summed E-state index contributed by atoms with van der Waals surface area (Å²) in [6, 6.07) is 3.73. The Bertz CT molecular complexity index is 632. The molecule has 2 aromatic heterocycles. The molecule has 0 aliphatic heterocycles. The van der Waals surface area contributed by atoms with Crippen LogP contribution in [0.2, 0.25) is 0 Å². The standard InChI is InChI=1S/C14H16N4O2/c1-19-14(5-3-2-4-6-14)13-17-12(20-18-13)10-7-11(8-15)16-9-10/h7,9,16H,2-6H2,1H3. The SMILES string of the molecule is COC1(c2noc(-c3c[nH]c(C#N)c3)n2)CCCCC1. The van der Waals surface area contributed by atoms with Crippen LogP contribution in [-0.2, 0) is 10.3 Å². The van der Waals surface area contributed by atoms with E-state index in [-0.39, 0.29) is 0 Å². The van der Waals surface area contributed by atoms with E-state index in [0.717, 1.165) is 31.2 Å². The highest BCUT2D eigenvalue weighted by Gasteiger charge is 2.38. The maximum atomic E-state index is 8.82. The summed E-state index contributed by atoms with van der Waals surface area (Å²) in [6.07, 6.45) is 6.97. The average Bonchev–Trinajstić information content (AvgIpc) is 3.16. The zero-order valence-electron chi connectivity index (χ0n) is 11.3. The van der Waals surface area contributed by atoms with Gasteiger partial charge in [0, 0.05) is 13.3 Å². The Morgan fingerprint density at radius 3 is 2.85 bits per heavy atom. The molecule has 104 valence electrons. The van der Waals surface area contributed by atoms with Gasteiger partial charge in [-0.15, -0.1) is 0 Å². The molecule has 1 aliphatic rings. The smallest absolute Gasteiger partial charge is 0.259 e. The molecule has 2 aromatic rings. The van der Waals surface area contributed by atoms with E-state index in [1.807, 2.05) is 6.07 Å². The van der Waals surface area contributed by atoms with Crippen LogP contribution >= 0.6 is 0 Å². The number of methoxy groups -OCH3 is 1. The van der Waals surface area contributed by atoms with Gasteiger partial charge in [0.25, 0.3) is 5.89 Å². The maximum absolute atomic E-state index is 8.82. The number of H-pyrrole nitrogens is 1. The van der Waals surface area contributed by atoms with Gasteiger partial charge in [0.1, 0.15) is 17.4 Å². The lowest BCUT2D eigenvalue weighted by atomic mass is 9.84. The zero-order chi connectivity index (χ0) is 14.0. The Balaban J connectivity index is 1.91. The minimum atomic E-state index is -0.422. The minimum absolute atomic E-state index is 0.416. The minimum Gasteiger partial charge on any atom is -0.370 e. The molecule has 1 N–H and O–H groups in total. The van der Waals surface area contributed by atoms with Crippen LogP contribution in [0, 0.1) is 11.3 Å². The Morgan fingerprint density at radius 2 is 2.20 bits per heavy atom. The molecule has 0 aromatic carbocycles. The first-order valence-corrected chi connectivity index (χ1v) is 6.76. The third kappa shape index (κ3) is 2.10. The Labute approximate surface area is 116 Å². The first kappa shape index (κ1) is 12.9. The molecule has 1 fully saturated rings. The molecule has 3 rings (SSSR count). The van der Waals surface area contributed by atoms with Crippen molar-refractivity contribution in [3.05, 3.63) is 23.8 Å². The summed E-state index contributed by atoms with van der Waals surface area (Å²) >= 11 is 0. The predicted octanol–water partition coefficient (Wildman–Crippen LogP) is 2.74. The number of aromatic nitrogens is 3. The molecule has 0 unspecified atom stereocenters. The number of aromatic amines is 1. The van der Waals surface area contributed by atoms with Gasteiger partial charge in [-0.3, -0.25) is 0 Å². The predicted molar refractivity (Wildman–Crippen MR) is 70.6 cm³/mol. The molecule has 0 saturated heterocycles. The van der Waals surface area contributed by atoms with E-state index in [2.05, 4.69) is 15.1 Å². The third-order valence-electron chi connectivity index (χ3n) is 3.94. The number of rotatable bonds is 3. The molecule has 0 amide bonds. The quantitative estimate of drug-likeness (QED) is 0.928. The van der Waals surface area contributed by atoms with Gasteiger partial charge in [-0.2, -0.15) is 10.2 Å². The monoisotopic (exact) mass is 272 g/mol. The molecule has 0 bridgehead atoms. The number of ether oxygens (including phenoxy) is 1. The average molecular weight is 272 g/mol. The van der Waals surface area contributed by atoms with Gasteiger partial charge in [-0.25, -0.2) is 0 Å². The highest BCUT2D eigenvalue weighted by molar-refractivity contribution is 5.54. The summed E-state index contributed by atoms with van der Waals surface area (Å²) in [6.45, 7) is 0. The van der Waals surface area contributed by atoms with Gasteiger partial charge < -0.3 is 14.2 Å². The van der Waals surface area contributed by atoms with Gasteiger partial charge in [-0.05, 0) is 18.9 Å². The number of nitriles is 1. The zero-order valence-corrected chi connectivity index (χ0v) is 11.3. The van der Waals surface area contributed by atoms with Crippen molar-refractivity contribution >= 4 is 0 Å². The summed E-state index contributed by atoms with van der Waals surface area (Å²) in [5.41, 5.74) is 0.773. The molecular formula is C14H16N4O2. The Morgan fingerprint density at radius 1 is 1.40 bits per heavy atom. The fraction of sp³-hybridized carbons (Fsp3) is 0.500. The van der Waals surface area contributed by atoms with Crippen LogP contribution in [0.15, 0.2) is 16.8 Å². The van der Waals surface area contributed by atoms with Crippen molar-refractivity contribution < 1.29 is 9.26 Å². The van der Waals surface area contributed by atoms with E-state index in [9.17, 15) is 0 Å². The van der Waals surface area contributed by atoms with Crippen molar-refractivity contribution in [3.8, 4) is 17.5 Å². The molecular weight excluding hydrogens is 256 g/mol. The van der Waals surface area contributed by atoms with Crippen molar-refractivity contribution in [2.45, 2.75) is 37.7 Å². The molecule has 0 atom stereocenters. The van der Waals surface area contributed by atoms with Crippen molar-refractivity contribution in [3.63, 3.8) is 0 Å². The number of hydrogen-bond acceptors (Lipinski definition) is 5. The van der Waals surface area contributed by atoms with Crippen molar-refractivity contribution in [2.75, 3.05) is 7.11 Å². The summed E-state index contributed by atoms with van der Waals surface area (Å²) in [7, 11) is 1.70. The van der Waals surface area contributed by atoms with Crippen molar-refractivity contribution in [2.24, 2.45) is 0 Å². The van der Waals surface area contributed by atoms with Crippen LogP contribution in [0.5, 0.6) is 0 Å². The lowest BCUT2D eigenvalue weighted by molar-refractivity contribution is -0.0527. The van der Waals surface area contributed by atoms with E-state index >= 15 is 0 Å².